The summed E-state index contributed by atoms with van der Waals surface area (Å²) in [6, 6.07) is 2.62. The van der Waals surface area contributed by atoms with Crippen LogP contribution in [0.4, 0.5) is 0 Å². The summed E-state index contributed by atoms with van der Waals surface area (Å²) in [5.41, 5.74) is 4.24. The minimum atomic E-state index is 0.491. The van der Waals surface area contributed by atoms with E-state index in [1.807, 2.05) is 11.8 Å². The van der Waals surface area contributed by atoms with Gasteiger partial charge < -0.3 is 9.73 Å². The van der Waals surface area contributed by atoms with Crippen molar-refractivity contribution < 1.29 is 4.42 Å². The van der Waals surface area contributed by atoms with E-state index in [0.717, 1.165) is 31.1 Å². The van der Waals surface area contributed by atoms with Gasteiger partial charge in [-0.15, -0.1) is 11.3 Å². The van der Waals surface area contributed by atoms with Crippen LogP contribution in [0.5, 0.6) is 0 Å². The summed E-state index contributed by atoms with van der Waals surface area (Å²) in [7, 11) is 2.10. The highest BCUT2D eigenvalue weighted by Gasteiger charge is 2.09. The summed E-state index contributed by atoms with van der Waals surface area (Å²) < 4.78 is 5.62. The molecule has 0 radical (unpaired) electrons. The molecule has 0 aromatic carbocycles. The van der Waals surface area contributed by atoms with Gasteiger partial charge in [-0.05, 0) is 20.0 Å². The van der Waals surface area contributed by atoms with Gasteiger partial charge in [0, 0.05) is 29.6 Å². The molecular weight excluding hydrogens is 270 g/mol. The van der Waals surface area contributed by atoms with Crippen molar-refractivity contribution in [2.24, 2.45) is 0 Å². The van der Waals surface area contributed by atoms with E-state index in [4.69, 9.17) is 4.42 Å². The molecule has 0 unspecified atom stereocenters. The number of rotatable bonds is 7. The molecule has 0 amide bonds. The van der Waals surface area contributed by atoms with Crippen LogP contribution in [0.25, 0.3) is 0 Å². The molecule has 0 aliphatic carbocycles. The molecule has 0 aliphatic heterocycles. The zero-order valence-corrected chi connectivity index (χ0v) is 13.5. The fraction of sp³-hybridized carbons (Fsp3) is 0.533. The standard InChI is InChI=1S/C15H23N3OS/c1-11(2)16-6-13-5-14(19-9-13)7-18(4)8-15-12(3)17-10-20-15/h5,9-11,16H,6-8H2,1-4H3. The lowest BCUT2D eigenvalue weighted by molar-refractivity contribution is 0.289. The Hall–Kier alpha value is -1.17. The number of hydrogen-bond acceptors (Lipinski definition) is 5. The van der Waals surface area contributed by atoms with Crippen LogP contribution in [0.1, 0.15) is 35.7 Å². The average molecular weight is 293 g/mol. The van der Waals surface area contributed by atoms with Gasteiger partial charge in [0.25, 0.3) is 0 Å². The number of nitrogens with zero attached hydrogens (tertiary/aromatic N) is 2. The quantitative estimate of drug-likeness (QED) is 0.851. The zero-order valence-electron chi connectivity index (χ0n) is 12.6. The van der Waals surface area contributed by atoms with Crippen molar-refractivity contribution in [1.29, 1.82) is 0 Å². The lowest BCUT2D eigenvalue weighted by Gasteiger charge is -2.14. The van der Waals surface area contributed by atoms with Gasteiger partial charge in [-0.1, -0.05) is 13.8 Å². The van der Waals surface area contributed by atoms with Crippen molar-refractivity contribution in [2.45, 2.75) is 46.4 Å². The average Bonchev–Trinajstić information content (AvgIpc) is 2.97. The highest BCUT2D eigenvalue weighted by molar-refractivity contribution is 7.09. The second-order valence-electron chi connectivity index (χ2n) is 5.49. The van der Waals surface area contributed by atoms with Crippen LogP contribution < -0.4 is 5.32 Å². The summed E-state index contributed by atoms with van der Waals surface area (Å²) in [4.78, 5) is 7.85. The molecule has 0 fully saturated rings. The Bertz CT molecular complexity index is 533. The lowest BCUT2D eigenvalue weighted by atomic mass is 10.2. The molecule has 0 saturated heterocycles. The highest BCUT2D eigenvalue weighted by atomic mass is 32.1. The van der Waals surface area contributed by atoms with Crippen molar-refractivity contribution in [3.8, 4) is 0 Å². The number of thiazole rings is 1. The summed E-state index contributed by atoms with van der Waals surface area (Å²) in [6.45, 7) is 8.94. The molecule has 2 heterocycles. The normalized spacial score (nSPS) is 11.7. The molecule has 0 saturated carbocycles. The van der Waals surface area contributed by atoms with Gasteiger partial charge in [-0.25, -0.2) is 4.98 Å². The topological polar surface area (TPSA) is 41.3 Å². The molecule has 20 heavy (non-hydrogen) atoms. The molecule has 0 spiro atoms. The molecule has 0 aliphatic rings. The second-order valence-corrected chi connectivity index (χ2v) is 6.43. The lowest BCUT2D eigenvalue weighted by Crippen LogP contribution is -2.21. The fourth-order valence-electron chi connectivity index (χ4n) is 1.97. The first-order chi connectivity index (χ1) is 9.54. The monoisotopic (exact) mass is 293 g/mol. The van der Waals surface area contributed by atoms with Gasteiger partial charge in [0.1, 0.15) is 5.76 Å². The van der Waals surface area contributed by atoms with Crippen molar-refractivity contribution in [1.82, 2.24) is 15.2 Å². The number of aryl methyl sites for hydroxylation is 1. The summed E-state index contributed by atoms with van der Waals surface area (Å²) in [6.07, 6.45) is 1.84. The summed E-state index contributed by atoms with van der Waals surface area (Å²) in [5, 5.41) is 3.39. The van der Waals surface area contributed by atoms with Crippen molar-refractivity contribution in [3.63, 3.8) is 0 Å². The molecule has 1 N–H and O–H groups in total. The van der Waals surface area contributed by atoms with E-state index in [0.29, 0.717) is 6.04 Å². The third-order valence-electron chi connectivity index (χ3n) is 3.11. The van der Waals surface area contributed by atoms with Crippen LogP contribution in [0, 0.1) is 6.92 Å². The second kappa shape index (κ2) is 7.02. The Morgan fingerprint density at radius 3 is 2.85 bits per heavy atom. The predicted octanol–water partition coefficient (Wildman–Crippen LogP) is 3.17. The molecule has 2 aromatic heterocycles. The molecule has 2 aromatic rings. The van der Waals surface area contributed by atoms with Crippen molar-refractivity contribution in [2.75, 3.05) is 7.05 Å². The van der Waals surface area contributed by atoms with Crippen LogP contribution in [-0.2, 0) is 19.6 Å². The maximum atomic E-state index is 5.62. The van der Waals surface area contributed by atoms with Crippen molar-refractivity contribution in [3.05, 3.63) is 39.7 Å². The van der Waals surface area contributed by atoms with Gasteiger partial charge in [0.15, 0.2) is 0 Å². The Balaban J connectivity index is 1.85. The van der Waals surface area contributed by atoms with Crippen LogP contribution in [0.15, 0.2) is 22.3 Å². The van der Waals surface area contributed by atoms with Gasteiger partial charge in [-0.3, -0.25) is 4.90 Å². The van der Waals surface area contributed by atoms with E-state index in [2.05, 4.69) is 49.1 Å². The summed E-state index contributed by atoms with van der Waals surface area (Å²) >= 11 is 1.71. The maximum Gasteiger partial charge on any atom is 0.118 e. The van der Waals surface area contributed by atoms with E-state index < -0.39 is 0 Å². The molecule has 4 nitrogen and oxygen atoms in total. The number of hydrogen-bond donors (Lipinski definition) is 1. The minimum Gasteiger partial charge on any atom is -0.468 e. The molecular formula is C15H23N3OS. The maximum absolute atomic E-state index is 5.62. The van der Waals surface area contributed by atoms with Gasteiger partial charge in [-0.2, -0.15) is 0 Å². The van der Waals surface area contributed by atoms with Crippen LogP contribution >= 0.6 is 11.3 Å². The van der Waals surface area contributed by atoms with E-state index in [9.17, 15) is 0 Å². The summed E-state index contributed by atoms with van der Waals surface area (Å²) in [5.74, 6) is 1.01. The van der Waals surface area contributed by atoms with E-state index in [1.165, 1.54) is 10.4 Å². The van der Waals surface area contributed by atoms with Gasteiger partial charge >= 0.3 is 0 Å². The first-order valence-electron chi connectivity index (χ1n) is 6.91. The van der Waals surface area contributed by atoms with E-state index in [1.54, 1.807) is 11.3 Å². The van der Waals surface area contributed by atoms with Gasteiger partial charge in [0.05, 0.1) is 24.0 Å². The Labute approximate surface area is 124 Å². The predicted molar refractivity (Wildman–Crippen MR) is 82.7 cm³/mol. The molecule has 2 rings (SSSR count). The Morgan fingerprint density at radius 1 is 1.40 bits per heavy atom. The third-order valence-corrected chi connectivity index (χ3v) is 4.03. The van der Waals surface area contributed by atoms with Crippen LogP contribution in [0.3, 0.4) is 0 Å². The first-order valence-corrected chi connectivity index (χ1v) is 7.79. The van der Waals surface area contributed by atoms with E-state index >= 15 is 0 Å². The zero-order chi connectivity index (χ0) is 14.5. The first kappa shape index (κ1) is 15.2. The van der Waals surface area contributed by atoms with Gasteiger partial charge in [0.2, 0.25) is 0 Å². The van der Waals surface area contributed by atoms with E-state index in [-0.39, 0.29) is 0 Å². The SMILES string of the molecule is Cc1ncsc1CN(C)Cc1cc(CNC(C)C)co1. The molecule has 5 heteroatoms. The van der Waals surface area contributed by atoms with Crippen LogP contribution in [0.2, 0.25) is 0 Å². The van der Waals surface area contributed by atoms with Crippen LogP contribution in [-0.4, -0.2) is 23.0 Å². The molecule has 0 bridgehead atoms. The number of aromatic nitrogens is 1. The smallest absolute Gasteiger partial charge is 0.118 e. The third kappa shape index (κ3) is 4.44. The Kier molecular flexibility index (Phi) is 5.34. The number of nitrogens with one attached hydrogen (secondary N) is 1. The Morgan fingerprint density at radius 2 is 2.20 bits per heavy atom. The molecule has 0 atom stereocenters. The number of furan rings is 1. The van der Waals surface area contributed by atoms with Crippen molar-refractivity contribution >= 4 is 11.3 Å². The fourth-order valence-corrected chi connectivity index (χ4v) is 2.83. The minimum absolute atomic E-state index is 0.491. The largest absolute Gasteiger partial charge is 0.468 e. The molecule has 110 valence electrons. The highest BCUT2D eigenvalue weighted by Crippen LogP contribution is 2.16.